The zero-order chi connectivity index (χ0) is 22.4. The first-order valence-electron chi connectivity index (χ1n) is 10.9. The number of rotatable bonds is 2. The van der Waals surface area contributed by atoms with E-state index in [2.05, 4.69) is 0 Å². The number of nitrogens with zero attached hydrogens (tertiary/aromatic N) is 1. The fraction of sp³-hybridized carbons (Fsp3) is 0. The summed E-state index contributed by atoms with van der Waals surface area (Å²) in [7, 11) is 0. The molecule has 0 atom stereocenters. The SMILES string of the molecule is O=C1C2=C/C(=C3\C=Cc4ccccc4C3=O)C=CN2C(c2ccccc2)=C1c1ccccc1. The monoisotopic (exact) mass is 425 g/mol. The maximum Gasteiger partial charge on any atom is 0.212 e. The average Bonchev–Trinajstić information content (AvgIpc) is 3.17. The lowest BCUT2D eigenvalue weighted by Gasteiger charge is -2.23. The van der Waals surface area contributed by atoms with Gasteiger partial charge in [-0.3, -0.25) is 9.59 Å². The van der Waals surface area contributed by atoms with E-state index >= 15 is 0 Å². The zero-order valence-corrected chi connectivity index (χ0v) is 17.7. The van der Waals surface area contributed by atoms with Crippen molar-refractivity contribution in [3.63, 3.8) is 0 Å². The number of carbonyl (C=O) groups is 2. The Morgan fingerprint density at radius 3 is 2.03 bits per heavy atom. The number of allylic oxidation sites excluding steroid dienone is 6. The van der Waals surface area contributed by atoms with Gasteiger partial charge in [0.2, 0.25) is 5.78 Å². The molecule has 0 N–H and O–H groups in total. The Bertz CT molecular complexity index is 1470. The van der Waals surface area contributed by atoms with Crippen LogP contribution in [0, 0.1) is 0 Å². The van der Waals surface area contributed by atoms with Crippen molar-refractivity contribution in [3.8, 4) is 0 Å². The van der Waals surface area contributed by atoms with Crippen LogP contribution in [-0.4, -0.2) is 16.5 Å². The van der Waals surface area contributed by atoms with Gasteiger partial charge in [-0.05, 0) is 40.5 Å². The first-order chi connectivity index (χ1) is 16.2. The average molecular weight is 425 g/mol. The predicted octanol–water partition coefficient (Wildman–Crippen LogP) is 6.06. The van der Waals surface area contributed by atoms with E-state index in [1.54, 1.807) is 0 Å². The molecule has 6 rings (SSSR count). The smallest absolute Gasteiger partial charge is 0.212 e. The van der Waals surface area contributed by atoms with E-state index in [9.17, 15) is 9.59 Å². The molecule has 0 amide bonds. The molecule has 0 radical (unpaired) electrons. The minimum atomic E-state index is -0.0462. The number of hydrogen-bond donors (Lipinski definition) is 0. The van der Waals surface area contributed by atoms with Crippen LogP contribution in [0.3, 0.4) is 0 Å². The summed E-state index contributed by atoms with van der Waals surface area (Å²) in [4.78, 5) is 28.8. The molecular formula is C30H19NO2. The van der Waals surface area contributed by atoms with Gasteiger partial charge in [0.15, 0.2) is 5.78 Å². The Morgan fingerprint density at radius 1 is 0.606 bits per heavy atom. The molecule has 0 spiro atoms. The minimum absolute atomic E-state index is 0.0250. The summed E-state index contributed by atoms with van der Waals surface area (Å²) in [5.74, 6) is -0.0711. The van der Waals surface area contributed by atoms with Crippen LogP contribution in [0.4, 0.5) is 0 Å². The van der Waals surface area contributed by atoms with Gasteiger partial charge in [0.05, 0.1) is 17.0 Å². The highest BCUT2D eigenvalue weighted by Gasteiger charge is 2.37. The summed E-state index contributed by atoms with van der Waals surface area (Å²) in [5, 5.41) is 0. The Kier molecular flexibility index (Phi) is 4.41. The Balaban J connectivity index is 1.50. The van der Waals surface area contributed by atoms with Gasteiger partial charge in [-0.25, -0.2) is 0 Å². The van der Waals surface area contributed by atoms with Crippen LogP contribution in [-0.2, 0) is 4.79 Å². The molecule has 0 saturated heterocycles. The van der Waals surface area contributed by atoms with Crippen LogP contribution < -0.4 is 0 Å². The minimum Gasteiger partial charge on any atom is -0.312 e. The van der Waals surface area contributed by atoms with Crippen LogP contribution >= 0.6 is 0 Å². The van der Waals surface area contributed by atoms with Crippen molar-refractivity contribution in [2.75, 3.05) is 0 Å². The Hall–Kier alpha value is -4.50. The molecular weight excluding hydrogens is 406 g/mol. The molecule has 0 aromatic heterocycles. The zero-order valence-electron chi connectivity index (χ0n) is 17.7. The summed E-state index contributed by atoms with van der Waals surface area (Å²) in [6.07, 6.45) is 9.46. The van der Waals surface area contributed by atoms with Gasteiger partial charge in [-0.15, -0.1) is 0 Å². The second-order valence-corrected chi connectivity index (χ2v) is 8.12. The lowest BCUT2D eigenvalue weighted by molar-refractivity contribution is -0.110. The molecule has 33 heavy (non-hydrogen) atoms. The van der Waals surface area contributed by atoms with Crippen molar-refractivity contribution in [2.24, 2.45) is 0 Å². The normalized spacial score (nSPS) is 19.0. The molecule has 0 bridgehead atoms. The van der Waals surface area contributed by atoms with Gasteiger partial charge < -0.3 is 4.90 Å². The van der Waals surface area contributed by atoms with Crippen molar-refractivity contribution in [1.82, 2.24) is 4.90 Å². The van der Waals surface area contributed by atoms with Crippen LogP contribution in [0.15, 0.2) is 126 Å². The molecule has 0 unspecified atom stereocenters. The molecule has 1 aliphatic carbocycles. The molecule has 2 heterocycles. The van der Waals surface area contributed by atoms with Crippen molar-refractivity contribution < 1.29 is 9.59 Å². The first-order valence-corrected chi connectivity index (χ1v) is 10.9. The molecule has 0 fully saturated rings. The van der Waals surface area contributed by atoms with Gasteiger partial charge in [0.25, 0.3) is 0 Å². The van der Waals surface area contributed by atoms with Crippen molar-refractivity contribution >= 4 is 28.9 Å². The third-order valence-corrected chi connectivity index (χ3v) is 6.19. The quantitative estimate of drug-likeness (QED) is 0.469. The molecule has 156 valence electrons. The molecule has 3 aromatic carbocycles. The number of ketones is 2. The van der Waals surface area contributed by atoms with E-state index in [1.807, 2.05) is 120 Å². The van der Waals surface area contributed by atoms with Gasteiger partial charge in [0, 0.05) is 17.3 Å². The fourth-order valence-electron chi connectivity index (χ4n) is 4.62. The summed E-state index contributed by atoms with van der Waals surface area (Å²) in [6, 6.07) is 27.3. The maximum atomic E-state index is 13.7. The third-order valence-electron chi connectivity index (χ3n) is 6.19. The molecule has 3 aromatic rings. The highest BCUT2D eigenvalue weighted by Crippen LogP contribution is 2.43. The van der Waals surface area contributed by atoms with E-state index in [4.69, 9.17) is 0 Å². The third kappa shape index (κ3) is 3.06. The van der Waals surface area contributed by atoms with Crippen molar-refractivity contribution in [2.45, 2.75) is 0 Å². The van der Waals surface area contributed by atoms with Gasteiger partial charge in [-0.2, -0.15) is 0 Å². The molecule has 3 heteroatoms. The lowest BCUT2D eigenvalue weighted by atomic mass is 9.88. The lowest BCUT2D eigenvalue weighted by Crippen LogP contribution is -2.17. The molecule has 0 saturated carbocycles. The Labute approximate surface area is 192 Å². The van der Waals surface area contributed by atoms with E-state index in [0.29, 0.717) is 22.4 Å². The van der Waals surface area contributed by atoms with Crippen molar-refractivity contribution in [3.05, 3.63) is 148 Å². The molecule has 3 aliphatic rings. The fourth-order valence-corrected chi connectivity index (χ4v) is 4.62. The second-order valence-electron chi connectivity index (χ2n) is 8.12. The summed E-state index contributed by atoms with van der Waals surface area (Å²) < 4.78 is 0. The molecule has 2 aliphatic heterocycles. The summed E-state index contributed by atoms with van der Waals surface area (Å²) >= 11 is 0. The van der Waals surface area contributed by atoms with Crippen LogP contribution in [0.2, 0.25) is 0 Å². The number of benzene rings is 3. The number of Topliss-reactive ketones (excluding diaryl/α,β-unsaturated/α-hetero) is 2. The van der Waals surface area contributed by atoms with Crippen LogP contribution in [0.25, 0.3) is 17.3 Å². The van der Waals surface area contributed by atoms with E-state index in [1.165, 1.54) is 0 Å². The number of fused-ring (bicyclic) bond motifs is 2. The highest BCUT2D eigenvalue weighted by molar-refractivity contribution is 6.38. The predicted molar refractivity (Wildman–Crippen MR) is 131 cm³/mol. The van der Waals surface area contributed by atoms with Crippen LogP contribution in [0.1, 0.15) is 27.0 Å². The van der Waals surface area contributed by atoms with Crippen molar-refractivity contribution in [1.29, 1.82) is 0 Å². The van der Waals surface area contributed by atoms with E-state index < -0.39 is 0 Å². The van der Waals surface area contributed by atoms with Gasteiger partial charge in [-0.1, -0.05) is 91.0 Å². The second kappa shape index (κ2) is 7.57. The van der Waals surface area contributed by atoms with E-state index in [-0.39, 0.29) is 11.6 Å². The van der Waals surface area contributed by atoms with E-state index in [0.717, 1.165) is 28.0 Å². The summed E-state index contributed by atoms with van der Waals surface area (Å²) in [5.41, 5.74) is 6.86. The van der Waals surface area contributed by atoms with Crippen LogP contribution in [0.5, 0.6) is 0 Å². The standard InChI is InChI=1S/C30H19NO2/c32-29-24-14-8-7-9-20(24)15-16-25(29)23-17-18-31-26(19-23)30(33)27(21-10-3-1-4-11-21)28(31)22-12-5-2-6-13-22/h1-19H/b25-23+. The first kappa shape index (κ1) is 19.2. The largest absolute Gasteiger partial charge is 0.312 e. The number of hydrogen-bond acceptors (Lipinski definition) is 3. The summed E-state index contributed by atoms with van der Waals surface area (Å²) in [6.45, 7) is 0. The van der Waals surface area contributed by atoms with Gasteiger partial charge in [0.1, 0.15) is 0 Å². The molecule has 3 nitrogen and oxygen atoms in total. The Morgan fingerprint density at radius 2 is 1.27 bits per heavy atom. The maximum absolute atomic E-state index is 13.7. The van der Waals surface area contributed by atoms with Gasteiger partial charge >= 0.3 is 0 Å². The topological polar surface area (TPSA) is 37.4 Å². The number of carbonyl (C=O) groups excluding carboxylic acids is 2. The highest BCUT2D eigenvalue weighted by atomic mass is 16.1.